The van der Waals surface area contributed by atoms with E-state index < -0.39 is 6.10 Å². The van der Waals surface area contributed by atoms with Gasteiger partial charge in [0.15, 0.2) is 0 Å². The Morgan fingerprint density at radius 2 is 1.55 bits per heavy atom. The minimum absolute atomic E-state index is 0.0316. The van der Waals surface area contributed by atoms with Crippen LogP contribution in [0.25, 0.3) is 0 Å². The first-order valence-corrected chi connectivity index (χ1v) is 11.3. The maximum absolute atomic E-state index is 12.4. The van der Waals surface area contributed by atoms with Crippen molar-refractivity contribution in [3.63, 3.8) is 0 Å². The fraction of sp³-hybridized carbons (Fsp3) is 0.464. The van der Waals surface area contributed by atoms with Crippen molar-refractivity contribution in [3.8, 4) is 11.8 Å². The van der Waals surface area contributed by atoms with Crippen molar-refractivity contribution in [2.75, 3.05) is 13.1 Å². The second kappa shape index (κ2) is 8.89. The predicted molar refractivity (Wildman–Crippen MR) is 127 cm³/mol. The van der Waals surface area contributed by atoms with Crippen LogP contribution in [-0.4, -0.2) is 29.0 Å². The predicted octanol–water partition coefficient (Wildman–Crippen LogP) is 5.60. The molecular formula is C28H35NO2. The molecule has 0 aliphatic heterocycles. The summed E-state index contributed by atoms with van der Waals surface area (Å²) in [6, 6.07) is 13.6. The van der Waals surface area contributed by atoms with Crippen molar-refractivity contribution >= 4 is 5.91 Å². The number of nitrogens with zero attached hydrogens (tertiary/aromatic N) is 1. The van der Waals surface area contributed by atoms with Gasteiger partial charge in [0.2, 0.25) is 0 Å². The highest BCUT2D eigenvalue weighted by Crippen LogP contribution is 2.46. The minimum Gasteiger partial charge on any atom is -0.376 e. The molecular weight excluding hydrogens is 382 g/mol. The number of fused-ring (bicyclic) bond motifs is 1. The number of aliphatic hydroxyl groups excluding tert-OH is 1. The van der Waals surface area contributed by atoms with Gasteiger partial charge in [0.1, 0.15) is 6.10 Å². The molecule has 2 aromatic rings. The largest absolute Gasteiger partial charge is 0.376 e. The monoisotopic (exact) mass is 417 g/mol. The zero-order valence-electron chi connectivity index (χ0n) is 19.7. The number of hydrogen-bond donors (Lipinski definition) is 1. The van der Waals surface area contributed by atoms with Gasteiger partial charge < -0.3 is 10.0 Å². The van der Waals surface area contributed by atoms with Crippen molar-refractivity contribution in [2.24, 2.45) is 0 Å². The van der Waals surface area contributed by atoms with Crippen molar-refractivity contribution in [3.05, 3.63) is 70.3 Å². The summed E-state index contributed by atoms with van der Waals surface area (Å²) in [6.45, 7) is 14.5. The second-order valence-corrected chi connectivity index (χ2v) is 9.80. The Bertz CT molecular complexity index is 1000. The molecule has 2 aromatic carbocycles. The van der Waals surface area contributed by atoms with Gasteiger partial charge >= 0.3 is 0 Å². The van der Waals surface area contributed by atoms with Crippen LogP contribution in [0.1, 0.15) is 93.1 Å². The molecule has 0 fully saturated rings. The van der Waals surface area contributed by atoms with E-state index in [2.05, 4.69) is 51.7 Å². The van der Waals surface area contributed by atoms with Gasteiger partial charge in [-0.3, -0.25) is 4.79 Å². The van der Waals surface area contributed by atoms with Gasteiger partial charge in [-0.15, -0.1) is 0 Å². The van der Waals surface area contributed by atoms with Crippen LogP contribution in [0.4, 0.5) is 0 Å². The Balaban J connectivity index is 1.81. The van der Waals surface area contributed by atoms with Gasteiger partial charge in [-0.05, 0) is 78.5 Å². The van der Waals surface area contributed by atoms with Crippen LogP contribution in [-0.2, 0) is 10.8 Å². The summed E-state index contributed by atoms with van der Waals surface area (Å²) in [7, 11) is 0. The standard InChI is InChI=1S/C28H35NO2/c1-7-29(8-2)26(31)21-12-9-20(10-13-21)11-16-25(30)22-14-15-23-24(19-22)28(5,6)18-17-27(23,3)4/h9-10,12-15,19,25,30H,7-8,17-18H2,1-6H3. The van der Waals surface area contributed by atoms with Crippen LogP contribution in [0, 0.1) is 11.8 Å². The summed E-state index contributed by atoms with van der Waals surface area (Å²) in [6.07, 6.45) is 1.46. The van der Waals surface area contributed by atoms with Crippen molar-refractivity contribution < 1.29 is 9.90 Å². The zero-order chi connectivity index (χ0) is 22.8. The quantitative estimate of drug-likeness (QED) is 0.658. The Kier molecular flexibility index (Phi) is 6.62. The van der Waals surface area contributed by atoms with Gasteiger partial charge in [0.25, 0.3) is 5.91 Å². The number of rotatable bonds is 4. The molecule has 3 nitrogen and oxygen atoms in total. The van der Waals surface area contributed by atoms with Gasteiger partial charge in [0.05, 0.1) is 0 Å². The molecule has 0 radical (unpaired) electrons. The molecule has 0 spiro atoms. The van der Waals surface area contributed by atoms with Crippen molar-refractivity contribution in [2.45, 2.75) is 71.3 Å². The average Bonchev–Trinajstić information content (AvgIpc) is 2.76. The summed E-state index contributed by atoms with van der Waals surface area (Å²) < 4.78 is 0. The molecule has 0 heterocycles. The summed E-state index contributed by atoms with van der Waals surface area (Å²) in [5.41, 5.74) is 5.24. The van der Waals surface area contributed by atoms with E-state index in [9.17, 15) is 9.90 Å². The third-order valence-corrected chi connectivity index (χ3v) is 6.73. The van der Waals surface area contributed by atoms with Gasteiger partial charge in [-0.1, -0.05) is 57.7 Å². The number of benzene rings is 2. The molecule has 1 unspecified atom stereocenters. The highest BCUT2D eigenvalue weighted by molar-refractivity contribution is 5.94. The first-order valence-electron chi connectivity index (χ1n) is 11.3. The maximum Gasteiger partial charge on any atom is 0.253 e. The highest BCUT2D eigenvalue weighted by Gasteiger charge is 2.37. The molecule has 3 heteroatoms. The normalized spacial score (nSPS) is 17.1. The molecule has 0 aromatic heterocycles. The van der Waals surface area contributed by atoms with Gasteiger partial charge in [0, 0.05) is 24.2 Å². The van der Waals surface area contributed by atoms with Crippen LogP contribution < -0.4 is 0 Å². The lowest BCUT2D eigenvalue weighted by Crippen LogP contribution is -2.34. The number of carbonyl (C=O) groups is 1. The summed E-state index contributed by atoms with van der Waals surface area (Å²) >= 11 is 0. The number of hydrogen-bond acceptors (Lipinski definition) is 2. The first-order chi connectivity index (χ1) is 14.6. The Hall–Kier alpha value is -2.57. The van der Waals surface area contributed by atoms with Crippen LogP contribution in [0.2, 0.25) is 0 Å². The second-order valence-electron chi connectivity index (χ2n) is 9.80. The Morgan fingerprint density at radius 1 is 0.968 bits per heavy atom. The molecule has 1 atom stereocenters. The molecule has 1 amide bonds. The van der Waals surface area contributed by atoms with E-state index in [0.29, 0.717) is 18.7 Å². The summed E-state index contributed by atoms with van der Waals surface area (Å²) in [5.74, 6) is 6.06. The SMILES string of the molecule is CCN(CC)C(=O)c1ccc(C#CC(O)c2ccc3c(c2)C(C)(C)CCC3(C)C)cc1. The van der Waals surface area contributed by atoms with Crippen molar-refractivity contribution in [1.82, 2.24) is 4.90 Å². The average molecular weight is 418 g/mol. The van der Waals surface area contributed by atoms with Gasteiger partial charge in [-0.25, -0.2) is 0 Å². The fourth-order valence-electron chi connectivity index (χ4n) is 4.40. The lowest BCUT2D eigenvalue weighted by molar-refractivity contribution is 0.0773. The topological polar surface area (TPSA) is 40.5 Å². The number of amides is 1. The van der Waals surface area contributed by atoms with E-state index in [4.69, 9.17) is 0 Å². The highest BCUT2D eigenvalue weighted by atomic mass is 16.3. The van der Waals surface area contributed by atoms with E-state index in [1.54, 1.807) is 17.0 Å². The lowest BCUT2D eigenvalue weighted by atomic mass is 9.63. The van der Waals surface area contributed by atoms with Gasteiger partial charge in [-0.2, -0.15) is 0 Å². The molecule has 0 saturated heterocycles. The molecule has 164 valence electrons. The van der Waals surface area contributed by atoms with E-state index >= 15 is 0 Å². The maximum atomic E-state index is 12.4. The van der Waals surface area contributed by atoms with E-state index in [1.165, 1.54) is 17.5 Å². The zero-order valence-corrected chi connectivity index (χ0v) is 19.7. The van der Waals surface area contributed by atoms with E-state index in [0.717, 1.165) is 17.5 Å². The van der Waals surface area contributed by atoms with Crippen LogP contribution >= 0.6 is 0 Å². The molecule has 1 aliphatic carbocycles. The van der Waals surface area contributed by atoms with E-state index in [-0.39, 0.29) is 16.7 Å². The molecule has 3 rings (SSSR count). The summed E-state index contributed by atoms with van der Waals surface area (Å²) in [4.78, 5) is 14.2. The van der Waals surface area contributed by atoms with Crippen molar-refractivity contribution in [1.29, 1.82) is 0 Å². The third-order valence-electron chi connectivity index (χ3n) is 6.73. The van der Waals surface area contributed by atoms with Crippen LogP contribution in [0.15, 0.2) is 42.5 Å². The fourth-order valence-corrected chi connectivity index (χ4v) is 4.40. The van der Waals surface area contributed by atoms with E-state index in [1.807, 2.05) is 32.0 Å². The smallest absolute Gasteiger partial charge is 0.253 e. The van der Waals surface area contributed by atoms with Crippen LogP contribution in [0.5, 0.6) is 0 Å². The molecule has 1 aliphatic rings. The summed E-state index contributed by atoms with van der Waals surface area (Å²) in [5, 5.41) is 10.7. The molecule has 31 heavy (non-hydrogen) atoms. The molecule has 0 saturated carbocycles. The number of aliphatic hydroxyl groups is 1. The Labute approximate surface area is 187 Å². The molecule has 0 bridgehead atoms. The minimum atomic E-state index is -0.844. The lowest BCUT2D eigenvalue weighted by Gasteiger charge is -2.42. The first kappa shape index (κ1) is 23.1. The Morgan fingerprint density at radius 3 is 2.13 bits per heavy atom. The molecule has 1 N–H and O–H groups in total. The van der Waals surface area contributed by atoms with Crippen LogP contribution in [0.3, 0.4) is 0 Å². The number of carbonyl (C=O) groups excluding carboxylic acids is 1. The third kappa shape index (κ3) is 4.86.